The first-order valence-corrected chi connectivity index (χ1v) is 11.5. The van der Waals surface area contributed by atoms with E-state index in [4.69, 9.17) is 14.9 Å². The number of nitrogens with two attached hydrogens (primary N) is 1. The van der Waals surface area contributed by atoms with Gasteiger partial charge < -0.3 is 14.9 Å². The van der Waals surface area contributed by atoms with Crippen molar-refractivity contribution in [3.8, 4) is 11.3 Å². The van der Waals surface area contributed by atoms with Crippen LogP contribution < -0.4 is 11.4 Å². The molecule has 3 aromatic heterocycles. The van der Waals surface area contributed by atoms with Crippen LogP contribution >= 0.6 is 0 Å². The molecule has 0 radical (unpaired) electrons. The van der Waals surface area contributed by atoms with Gasteiger partial charge in [0.2, 0.25) is 0 Å². The zero-order chi connectivity index (χ0) is 23.8. The number of nitrogens with zero attached hydrogens (tertiary/aromatic N) is 5. The molecular formula is C25H28N6O3. The molecule has 4 heterocycles. The van der Waals surface area contributed by atoms with E-state index >= 15 is 0 Å². The van der Waals surface area contributed by atoms with Crippen molar-refractivity contribution >= 4 is 33.9 Å². The Kier molecular flexibility index (Phi) is 5.79. The smallest absolute Gasteiger partial charge is 0.349 e. The van der Waals surface area contributed by atoms with Gasteiger partial charge in [-0.1, -0.05) is 13.0 Å². The molecule has 0 bridgehead atoms. The van der Waals surface area contributed by atoms with Crippen molar-refractivity contribution in [1.29, 1.82) is 0 Å². The summed E-state index contributed by atoms with van der Waals surface area (Å²) in [6, 6.07) is 5.81. The molecule has 2 N–H and O–H groups in total. The number of rotatable bonds is 5. The summed E-state index contributed by atoms with van der Waals surface area (Å²) in [5.41, 5.74) is 10.4. The second-order valence-corrected chi connectivity index (χ2v) is 8.59. The van der Waals surface area contributed by atoms with E-state index < -0.39 is 0 Å². The van der Waals surface area contributed by atoms with E-state index in [2.05, 4.69) is 22.0 Å². The molecule has 5 rings (SSSR count). The summed E-state index contributed by atoms with van der Waals surface area (Å²) in [4.78, 5) is 22.1. The molecule has 0 spiro atoms. The molecule has 0 amide bonds. The molecule has 1 saturated heterocycles. The lowest BCUT2D eigenvalue weighted by Crippen LogP contribution is -2.34. The molecule has 1 aliphatic rings. The lowest BCUT2D eigenvalue weighted by Gasteiger charge is -2.30. The normalized spacial score (nSPS) is 19.6. The van der Waals surface area contributed by atoms with Crippen LogP contribution in [0.4, 0.5) is 0 Å². The SMILES string of the molecule is CCC1CC(n2c(=O)nc(-c3cnn(C)c3)c3oc4ccc(/C(C=NC)=C/N)cc4c32)CCO1. The summed E-state index contributed by atoms with van der Waals surface area (Å²) in [5, 5.41) is 5.09. The molecule has 0 aliphatic carbocycles. The summed E-state index contributed by atoms with van der Waals surface area (Å²) in [5.74, 6) is 0. The predicted octanol–water partition coefficient (Wildman–Crippen LogP) is 3.67. The van der Waals surface area contributed by atoms with Gasteiger partial charge in [0.1, 0.15) is 16.8 Å². The molecule has 34 heavy (non-hydrogen) atoms. The first-order chi connectivity index (χ1) is 16.5. The van der Waals surface area contributed by atoms with Crippen molar-refractivity contribution in [2.24, 2.45) is 17.8 Å². The molecule has 0 saturated carbocycles. The Bertz CT molecular complexity index is 1480. The van der Waals surface area contributed by atoms with Crippen LogP contribution in [0.15, 0.2) is 51.0 Å². The standard InChI is InChI=1S/C25H28N6O3/c1-4-19-10-18(7-8-33-19)31-23-20-9-15(16(11-26)12-27-2)5-6-21(20)34-24(23)22(29-25(31)32)17-13-28-30(3)14-17/h5-6,9,11-14,18-19H,4,7-8,10,26H2,1-3H3/b16-11+,27-12?. The summed E-state index contributed by atoms with van der Waals surface area (Å²) >= 11 is 0. The van der Waals surface area contributed by atoms with Gasteiger partial charge in [-0.25, -0.2) is 4.79 Å². The van der Waals surface area contributed by atoms with Crippen LogP contribution in [0.25, 0.3) is 38.9 Å². The minimum atomic E-state index is -0.300. The summed E-state index contributed by atoms with van der Waals surface area (Å²) in [7, 11) is 3.53. The lowest BCUT2D eigenvalue weighted by molar-refractivity contribution is -0.00709. The van der Waals surface area contributed by atoms with E-state index in [0.29, 0.717) is 23.5 Å². The van der Waals surface area contributed by atoms with Crippen LogP contribution in [0, 0.1) is 0 Å². The van der Waals surface area contributed by atoms with Crippen LogP contribution in [0.3, 0.4) is 0 Å². The number of fused-ring (bicyclic) bond motifs is 3. The highest BCUT2D eigenvalue weighted by molar-refractivity contribution is 6.13. The van der Waals surface area contributed by atoms with Gasteiger partial charge in [0.05, 0.1) is 12.3 Å². The fraction of sp³-hybridized carbons (Fsp3) is 0.360. The van der Waals surface area contributed by atoms with Crippen LogP contribution in [-0.2, 0) is 11.8 Å². The third kappa shape index (κ3) is 3.71. The number of hydrogen-bond donors (Lipinski definition) is 1. The van der Waals surface area contributed by atoms with Gasteiger partial charge in [-0.2, -0.15) is 10.1 Å². The van der Waals surface area contributed by atoms with E-state index in [1.165, 1.54) is 6.20 Å². The van der Waals surface area contributed by atoms with Crippen molar-refractivity contribution in [3.05, 3.63) is 52.8 Å². The number of allylic oxidation sites excluding steroid dienone is 1. The summed E-state index contributed by atoms with van der Waals surface area (Å²) in [6.07, 6.45) is 9.26. The van der Waals surface area contributed by atoms with E-state index in [-0.39, 0.29) is 17.8 Å². The third-order valence-corrected chi connectivity index (χ3v) is 6.45. The first kappa shape index (κ1) is 22.1. The second-order valence-electron chi connectivity index (χ2n) is 8.59. The average Bonchev–Trinajstić information content (AvgIpc) is 3.45. The minimum absolute atomic E-state index is 0.0321. The molecular weight excluding hydrogens is 432 g/mol. The topological polar surface area (TPSA) is 113 Å². The van der Waals surface area contributed by atoms with Crippen molar-refractivity contribution in [1.82, 2.24) is 19.3 Å². The number of ether oxygens (including phenoxy) is 1. The number of aromatic nitrogens is 4. The molecule has 9 heteroatoms. The number of aliphatic imine (C=N–C) groups is 1. The Labute approximate surface area is 196 Å². The summed E-state index contributed by atoms with van der Waals surface area (Å²) in [6.45, 7) is 2.71. The van der Waals surface area contributed by atoms with Crippen molar-refractivity contribution < 1.29 is 9.15 Å². The van der Waals surface area contributed by atoms with Crippen molar-refractivity contribution in [3.63, 3.8) is 0 Å². The molecule has 2 unspecified atom stereocenters. The van der Waals surface area contributed by atoms with Crippen molar-refractivity contribution in [2.45, 2.75) is 38.3 Å². The van der Waals surface area contributed by atoms with E-state index in [0.717, 1.165) is 46.9 Å². The zero-order valence-electron chi connectivity index (χ0n) is 19.6. The van der Waals surface area contributed by atoms with Gasteiger partial charge in [-0.15, -0.1) is 0 Å². The van der Waals surface area contributed by atoms with Gasteiger partial charge in [0.15, 0.2) is 5.58 Å². The molecule has 1 fully saturated rings. The third-order valence-electron chi connectivity index (χ3n) is 6.45. The Morgan fingerprint density at radius 3 is 2.94 bits per heavy atom. The molecule has 4 aromatic rings. The monoisotopic (exact) mass is 460 g/mol. The Balaban J connectivity index is 1.82. The largest absolute Gasteiger partial charge is 0.452 e. The molecule has 1 aromatic carbocycles. The van der Waals surface area contributed by atoms with Crippen LogP contribution in [0.5, 0.6) is 0 Å². The number of furan rings is 1. The molecule has 1 aliphatic heterocycles. The van der Waals surface area contributed by atoms with Gasteiger partial charge in [-0.05, 0) is 37.0 Å². The highest BCUT2D eigenvalue weighted by Crippen LogP contribution is 2.37. The molecule has 176 valence electrons. The quantitative estimate of drug-likeness (QED) is 0.455. The van der Waals surface area contributed by atoms with Gasteiger partial charge in [-0.3, -0.25) is 14.2 Å². The van der Waals surface area contributed by atoms with Gasteiger partial charge in [0, 0.05) is 61.9 Å². The van der Waals surface area contributed by atoms with E-state index in [1.54, 1.807) is 28.7 Å². The number of benzene rings is 1. The maximum absolute atomic E-state index is 13.5. The highest BCUT2D eigenvalue weighted by Gasteiger charge is 2.28. The Hall–Kier alpha value is -3.72. The minimum Gasteiger partial charge on any atom is -0.452 e. The lowest BCUT2D eigenvalue weighted by atomic mass is 10.00. The first-order valence-electron chi connectivity index (χ1n) is 11.5. The predicted molar refractivity (Wildman–Crippen MR) is 133 cm³/mol. The average molecular weight is 461 g/mol. The van der Waals surface area contributed by atoms with Crippen LogP contribution in [0.1, 0.15) is 37.8 Å². The van der Waals surface area contributed by atoms with E-state index in [1.807, 2.05) is 31.4 Å². The zero-order valence-corrected chi connectivity index (χ0v) is 19.6. The maximum Gasteiger partial charge on any atom is 0.349 e. The van der Waals surface area contributed by atoms with Crippen molar-refractivity contribution in [2.75, 3.05) is 13.7 Å². The van der Waals surface area contributed by atoms with Crippen LogP contribution in [-0.4, -0.2) is 45.3 Å². The number of aryl methyl sites for hydroxylation is 1. The van der Waals surface area contributed by atoms with Crippen LogP contribution in [0.2, 0.25) is 0 Å². The molecule has 9 nitrogen and oxygen atoms in total. The second kappa shape index (κ2) is 8.90. The Morgan fingerprint density at radius 2 is 2.24 bits per heavy atom. The number of hydrogen-bond acceptors (Lipinski definition) is 7. The summed E-state index contributed by atoms with van der Waals surface area (Å²) < 4.78 is 15.7. The highest BCUT2D eigenvalue weighted by atomic mass is 16.5. The van der Waals surface area contributed by atoms with E-state index in [9.17, 15) is 4.79 Å². The Morgan fingerprint density at radius 1 is 1.38 bits per heavy atom. The van der Waals surface area contributed by atoms with Gasteiger partial charge in [0.25, 0.3) is 0 Å². The fourth-order valence-electron chi connectivity index (χ4n) is 4.77. The fourth-order valence-corrected chi connectivity index (χ4v) is 4.77. The van der Waals surface area contributed by atoms with Gasteiger partial charge >= 0.3 is 5.69 Å². The maximum atomic E-state index is 13.5. The molecule has 2 atom stereocenters.